The molecule has 0 unspecified atom stereocenters. The average molecular weight is 441 g/mol. The van der Waals surface area contributed by atoms with Crippen LogP contribution in [0.5, 0.6) is 5.75 Å². The number of hydrogen-bond donors (Lipinski definition) is 1. The predicted octanol–water partition coefficient (Wildman–Crippen LogP) is 5.70. The second-order valence-electron chi connectivity index (χ2n) is 9.21. The van der Waals surface area contributed by atoms with Gasteiger partial charge in [-0.05, 0) is 59.9 Å². The van der Waals surface area contributed by atoms with Gasteiger partial charge in [0.25, 0.3) is 11.8 Å². The molecule has 33 heavy (non-hydrogen) atoms. The number of carbonyl (C=O) groups is 2. The third-order valence-electron chi connectivity index (χ3n) is 5.78. The lowest BCUT2D eigenvalue weighted by atomic mass is 9.87. The predicted molar refractivity (Wildman–Crippen MR) is 132 cm³/mol. The van der Waals surface area contributed by atoms with Crippen molar-refractivity contribution in [3.05, 3.63) is 95.2 Å². The zero-order valence-electron chi connectivity index (χ0n) is 19.6. The summed E-state index contributed by atoms with van der Waals surface area (Å²) in [4.78, 5) is 28.4. The highest BCUT2D eigenvalue weighted by Gasteiger charge is 2.40. The third-order valence-corrected chi connectivity index (χ3v) is 5.78. The van der Waals surface area contributed by atoms with Crippen LogP contribution in [0.1, 0.15) is 37.5 Å². The van der Waals surface area contributed by atoms with E-state index in [0.717, 1.165) is 11.1 Å². The molecule has 0 aromatic heterocycles. The largest absolute Gasteiger partial charge is 0.497 e. The van der Waals surface area contributed by atoms with E-state index in [4.69, 9.17) is 4.74 Å². The molecular formula is C28H28N2O3. The van der Waals surface area contributed by atoms with Gasteiger partial charge < -0.3 is 10.1 Å². The van der Waals surface area contributed by atoms with Gasteiger partial charge >= 0.3 is 0 Å². The van der Waals surface area contributed by atoms with Crippen molar-refractivity contribution in [1.29, 1.82) is 0 Å². The molecule has 1 aliphatic rings. The Morgan fingerprint density at radius 2 is 1.39 bits per heavy atom. The fourth-order valence-electron chi connectivity index (χ4n) is 3.80. The number of nitrogens with one attached hydrogen (secondary N) is 1. The third kappa shape index (κ3) is 4.40. The zero-order chi connectivity index (χ0) is 23.8. The van der Waals surface area contributed by atoms with Gasteiger partial charge in [-0.3, -0.25) is 9.59 Å². The Morgan fingerprint density at radius 3 is 1.94 bits per heavy atom. The van der Waals surface area contributed by atoms with Gasteiger partial charge in [-0.1, -0.05) is 62.7 Å². The molecule has 0 saturated carbocycles. The van der Waals surface area contributed by atoms with Crippen LogP contribution in [0.4, 0.5) is 11.4 Å². The molecule has 1 N–H and O–H groups in total. The minimum absolute atomic E-state index is 0.0239. The number of carbonyl (C=O) groups excluding carboxylic acids is 2. The van der Waals surface area contributed by atoms with E-state index in [1.807, 2.05) is 67.6 Å². The van der Waals surface area contributed by atoms with E-state index in [9.17, 15) is 9.59 Å². The van der Waals surface area contributed by atoms with E-state index >= 15 is 0 Å². The summed E-state index contributed by atoms with van der Waals surface area (Å²) < 4.78 is 5.22. The van der Waals surface area contributed by atoms with Crippen molar-refractivity contribution < 1.29 is 14.3 Å². The van der Waals surface area contributed by atoms with Crippen LogP contribution in [-0.4, -0.2) is 18.9 Å². The van der Waals surface area contributed by atoms with Crippen LogP contribution < -0.4 is 15.0 Å². The smallest absolute Gasteiger partial charge is 0.282 e. The summed E-state index contributed by atoms with van der Waals surface area (Å²) in [5.74, 6) is -0.0130. The van der Waals surface area contributed by atoms with Crippen molar-refractivity contribution in [3.8, 4) is 5.75 Å². The Bertz CT molecular complexity index is 1220. The van der Waals surface area contributed by atoms with Crippen molar-refractivity contribution in [3.63, 3.8) is 0 Å². The van der Waals surface area contributed by atoms with Gasteiger partial charge in [0.05, 0.1) is 18.4 Å². The fraction of sp³-hybridized carbons (Fsp3) is 0.214. The highest BCUT2D eigenvalue weighted by molar-refractivity contribution is 6.46. The van der Waals surface area contributed by atoms with E-state index in [2.05, 4.69) is 26.1 Å². The lowest BCUT2D eigenvalue weighted by Gasteiger charge is -2.21. The van der Waals surface area contributed by atoms with Gasteiger partial charge in [-0.25, -0.2) is 4.90 Å². The Labute approximate surface area is 194 Å². The first kappa shape index (κ1) is 22.3. The minimum atomic E-state index is -0.380. The maximum Gasteiger partial charge on any atom is 0.282 e. The monoisotopic (exact) mass is 440 g/mol. The molecule has 168 valence electrons. The van der Waals surface area contributed by atoms with Crippen LogP contribution in [0.25, 0.3) is 5.57 Å². The molecule has 0 bridgehead atoms. The molecule has 5 heteroatoms. The number of anilines is 2. The number of amides is 2. The molecule has 0 atom stereocenters. The standard InChI is InChI=1S/C28H28N2O3/c1-18-6-8-19(9-7-18)24-25(29-21-12-16-23(33-5)17-13-21)27(32)30(26(24)31)22-14-10-20(11-15-22)28(2,3)4/h6-17,29H,1-5H3. The molecule has 2 amide bonds. The lowest BCUT2D eigenvalue weighted by molar-refractivity contribution is -0.120. The molecule has 1 aliphatic heterocycles. The first-order chi connectivity index (χ1) is 15.7. The van der Waals surface area contributed by atoms with Crippen LogP contribution in [-0.2, 0) is 15.0 Å². The molecule has 5 nitrogen and oxygen atoms in total. The summed E-state index contributed by atoms with van der Waals surface area (Å²) in [6, 6.07) is 22.5. The van der Waals surface area contributed by atoms with Crippen LogP contribution in [0.3, 0.4) is 0 Å². The second kappa shape index (κ2) is 8.58. The number of benzene rings is 3. The maximum absolute atomic E-state index is 13.6. The molecule has 0 fully saturated rings. The lowest BCUT2D eigenvalue weighted by Crippen LogP contribution is -2.32. The Morgan fingerprint density at radius 1 is 0.788 bits per heavy atom. The zero-order valence-corrected chi connectivity index (χ0v) is 19.6. The van der Waals surface area contributed by atoms with Crippen LogP contribution >= 0.6 is 0 Å². The van der Waals surface area contributed by atoms with E-state index in [1.54, 1.807) is 19.2 Å². The summed E-state index contributed by atoms with van der Waals surface area (Å²) in [6.45, 7) is 8.37. The van der Waals surface area contributed by atoms with Gasteiger partial charge in [0.15, 0.2) is 0 Å². The van der Waals surface area contributed by atoms with Gasteiger partial charge in [-0.2, -0.15) is 0 Å². The van der Waals surface area contributed by atoms with Crippen LogP contribution in [0.2, 0.25) is 0 Å². The van der Waals surface area contributed by atoms with Crippen molar-refractivity contribution in [1.82, 2.24) is 0 Å². The van der Waals surface area contributed by atoms with E-state index in [-0.39, 0.29) is 22.9 Å². The number of rotatable bonds is 5. The highest BCUT2D eigenvalue weighted by atomic mass is 16.5. The van der Waals surface area contributed by atoms with E-state index < -0.39 is 0 Å². The number of nitrogens with zero attached hydrogens (tertiary/aromatic N) is 1. The molecule has 0 radical (unpaired) electrons. The summed E-state index contributed by atoms with van der Waals surface area (Å²) in [6.07, 6.45) is 0. The Balaban J connectivity index is 1.75. The molecule has 4 rings (SSSR count). The fourth-order valence-corrected chi connectivity index (χ4v) is 3.80. The highest BCUT2D eigenvalue weighted by Crippen LogP contribution is 2.35. The van der Waals surface area contributed by atoms with E-state index in [0.29, 0.717) is 28.3 Å². The molecule has 0 aliphatic carbocycles. The SMILES string of the molecule is COc1ccc(NC2=C(c3ccc(C)cc3)C(=O)N(c3ccc(C(C)(C)C)cc3)C2=O)cc1. The number of methoxy groups -OCH3 is 1. The first-order valence-corrected chi connectivity index (χ1v) is 10.9. The molecule has 3 aromatic carbocycles. The van der Waals surface area contributed by atoms with Crippen molar-refractivity contribution in [2.24, 2.45) is 0 Å². The van der Waals surface area contributed by atoms with E-state index in [1.165, 1.54) is 4.90 Å². The van der Waals surface area contributed by atoms with Crippen molar-refractivity contribution in [2.45, 2.75) is 33.1 Å². The number of aryl methyl sites for hydroxylation is 1. The topological polar surface area (TPSA) is 58.6 Å². The molecule has 0 saturated heterocycles. The summed E-state index contributed by atoms with van der Waals surface area (Å²) >= 11 is 0. The van der Waals surface area contributed by atoms with Crippen LogP contribution in [0, 0.1) is 6.92 Å². The summed E-state index contributed by atoms with van der Waals surface area (Å²) in [5.41, 5.74) is 4.75. The first-order valence-electron chi connectivity index (χ1n) is 10.9. The Hall–Kier alpha value is -3.86. The van der Waals surface area contributed by atoms with Gasteiger partial charge in [0.2, 0.25) is 0 Å². The quantitative estimate of drug-likeness (QED) is 0.517. The summed E-state index contributed by atoms with van der Waals surface area (Å²) in [7, 11) is 1.60. The van der Waals surface area contributed by atoms with Crippen LogP contribution in [0.15, 0.2) is 78.5 Å². The van der Waals surface area contributed by atoms with Crippen molar-refractivity contribution >= 4 is 28.8 Å². The molecule has 3 aromatic rings. The molecule has 0 spiro atoms. The summed E-state index contributed by atoms with van der Waals surface area (Å²) in [5, 5.41) is 3.18. The van der Waals surface area contributed by atoms with Gasteiger partial charge in [0, 0.05) is 5.69 Å². The molecule has 1 heterocycles. The molecular weight excluding hydrogens is 412 g/mol. The number of ether oxygens (including phenoxy) is 1. The van der Waals surface area contributed by atoms with Gasteiger partial charge in [-0.15, -0.1) is 0 Å². The number of imide groups is 1. The van der Waals surface area contributed by atoms with Crippen molar-refractivity contribution in [2.75, 3.05) is 17.3 Å². The minimum Gasteiger partial charge on any atom is -0.497 e. The number of hydrogen-bond acceptors (Lipinski definition) is 4. The average Bonchev–Trinajstić information content (AvgIpc) is 3.04. The normalized spacial score (nSPS) is 14.2. The Kier molecular flexibility index (Phi) is 5.81. The maximum atomic E-state index is 13.6. The second-order valence-corrected chi connectivity index (χ2v) is 9.21. The van der Waals surface area contributed by atoms with Gasteiger partial charge in [0.1, 0.15) is 11.4 Å².